The lowest BCUT2D eigenvalue weighted by Crippen LogP contribution is -2.42. The molecule has 1 N–H and O–H groups in total. The number of imidazole rings is 1. The molecular weight excluding hydrogens is 447 g/mol. The van der Waals surface area contributed by atoms with Crippen LogP contribution in [0.2, 0.25) is 10.0 Å². The van der Waals surface area contributed by atoms with Crippen molar-refractivity contribution in [3.8, 4) is 5.69 Å². The Morgan fingerprint density at radius 3 is 2.56 bits per heavy atom. The van der Waals surface area contributed by atoms with Gasteiger partial charge in [0.05, 0.1) is 27.7 Å². The molecule has 5 rings (SSSR count). The minimum Gasteiger partial charge on any atom is -0.381 e. The lowest BCUT2D eigenvalue weighted by atomic mass is 9.96. The predicted octanol–water partition coefficient (Wildman–Crippen LogP) is 4.70. The summed E-state index contributed by atoms with van der Waals surface area (Å²) in [6.07, 6.45) is 2.63. The maximum Gasteiger partial charge on any atom is 0.223 e. The van der Waals surface area contributed by atoms with Crippen LogP contribution in [0.1, 0.15) is 19.3 Å². The van der Waals surface area contributed by atoms with E-state index in [-0.39, 0.29) is 11.8 Å². The largest absolute Gasteiger partial charge is 0.381 e. The second-order valence-corrected chi connectivity index (χ2v) is 9.39. The maximum atomic E-state index is 12.7. The third kappa shape index (κ3) is 4.32. The van der Waals surface area contributed by atoms with Crippen LogP contribution in [0.4, 0.5) is 5.95 Å². The molecule has 0 bridgehead atoms. The zero-order valence-electron chi connectivity index (χ0n) is 17.8. The van der Waals surface area contributed by atoms with E-state index >= 15 is 0 Å². The highest BCUT2D eigenvalue weighted by atomic mass is 35.5. The maximum absolute atomic E-state index is 12.7. The van der Waals surface area contributed by atoms with Crippen molar-refractivity contribution in [2.24, 2.45) is 11.8 Å². The van der Waals surface area contributed by atoms with Crippen LogP contribution in [-0.4, -0.2) is 48.3 Å². The summed E-state index contributed by atoms with van der Waals surface area (Å²) in [5.74, 6) is 1.49. The third-order valence-electron chi connectivity index (χ3n) is 6.43. The molecule has 0 aliphatic carbocycles. The van der Waals surface area contributed by atoms with Crippen molar-refractivity contribution in [1.29, 1.82) is 0 Å². The number of amides is 1. The average Bonchev–Trinajstić information content (AvgIpc) is 3.46. The van der Waals surface area contributed by atoms with Gasteiger partial charge >= 0.3 is 0 Å². The number of nitrogens with one attached hydrogen (secondary N) is 1. The van der Waals surface area contributed by atoms with Crippen LogP contribution >= 0.6 is 23.2 Å². The number of hydrogen-bond donors (Lipinski definition) is 1. The number of carbonyl (C=O) groups is 1. The van der Waals surface area contributed by atoms with E-state index in [1.165, 1.54) is 0 Å². The van der Waals surface area contributed by atoms with Gasteiger partial charge in [-0.3, -0.25) is 9.36 Å². The van der Waals surface area contributed by atoms with Gasteiger partial charge in [-0.1, -0.05) is 41.4 Å². The van der Waals surface area contributed by atoms with Crippen molar-refractivity contribution in [3.63, 3.8) is 0 Å². The molecule has 8 heteroatoms. The standard InChI is InChI=1S/C24H26Cl2N4O2/c25-19-12-21-22(13-20(19)26)30(18-4-2-1-3-5-18)24(28-21)29-9-6-17(7-10-29)23(31)27-14-16-8-11-32-15-16/h1-5,12-13,16-17H,6-11,14-15H2,(H,27,31). The molecule has 0 saturated carbocycles. The molecule has 168 valence electrons. The summed E-state index contributed by atoms with van der Waals surface area (Å²) in [4.78, 5) is 19.8. The first-order chi connectivity index (χ1) is 15.6. The molecule has 6 nitrogen and oxygen atoms in total. The summed E-state index contributed by atoms with van der Waals surface area (Å²) < 4.78 is 7.52. The Labute approximate surface area is 197 Å². The lowest BCUT2D eigenvalue weighted by Gasteiger charge is -2.32. The van der Waals surface area contributed by atoms with Gasteiger partial charge in [-0.25, -0.2) is 4.98 Å². The Kier molecular flexibility index (Phi) is 6.26. The first-order valence-electron chi connectivity index (χ1n) is 11.1. The fourth-order valence-electron chi connectivity index (χ4n) is 4.58. The van der Waals surface area contributed by atoms with Gasteiger partial charge in [-0.2, -0.15) is 0 Å². The van der Waals surface area contributed by atoms with E-state index in [0.29, 0.717) is 22.5 Å². The highest BCUT2D eigenvalue weighted by Gasteiger charge is 2.29. The second-order valence-electron chi connectivity index (χ2n) is 8.57. The fraction of sp³-hybridized carbons (Fsp3) is 0.417. The number of carbonyl (C=O) groups excluding carboxylic acids is 1. The van der Waals surface area contributed by atoms with E-state index in [2.05, 4.69) is 26.9 Å². The third-order valence-corrected chi connectivity index (χ3v) is 7.15. The SMILES string of the molecule is O=C(NCC1CCOC1)C1CCN(c2nc3cc(Cl)c(Cl)cc3n2-c2ccccc2)CC1. The van der Waals surface area contributed by atoms with Crippen molar-refractivity contribution in [2.45, 2.75) is 19.3 Å². The molecule has 3 heterocycles. The summed E-state index contributed by atoms with van der Waals surface area (Å²) in [6, 6.07) is 13.8. The summed E-state index contributed by atoms with van der Waals surface area (Å²) >= 11 is 12.6. The lowest BCUT2D eigenvalue weighted by molar-refractivity contribution is -0.125. The molecule has 1 atom stereocenters. The molecule has 3 aromatic rings. The van der Waals surface area contributed by atoms with E-state index in [1.54, 1.807) is 0 Å². The number of rotatable bonds is 5. The summed E-state index contributed by atoms with van der Waals surface area (Å²) in [5, 5.41) is 4.13. The molecular formula is C24H26Cl2N4O2. The Balaban J connectivity index is 1.35. The molecule has 2 fully saturated rings. The number of hydrogen-bond acceptors (Lipinski definition) is 4. The Hall–Kier alpha value is -2.28. The first-order valence-corrected chi connectivity index (χ1v) is 11.9. The van der Waals surface area contributed by atoms with E-state index in [9.17, 15) is 4.79 Å². The van der Waals surface area contributed by atoms with E-state index in [0.717, 1.165) is 68.2 Å². The van der Waals surface area contributed by atoms with Crippen molar-refractivity contribution >= 4 is 46.1 Å². The van der Waals surface area contributed by atoms with Crippen molar-refractivity contribution in [1.82, 2.24) is 14.9 Å². The molecule has 2 aromatic carbocycles. The summed E-state index contributed by atoms with van der Waals surface area (Å²) in [7, 11) is 0. The number of benzene rings is 2. The highest BCUT2D eigenvalue weighted by Crippen LogP contribution is 2.34. The molecule has 0 radical (unpaired) electrons. The molecule has 2 aliphatic heterocycles. The summed E-state index contributed by atoms with van der Waals surface area (Å²) in [6.45, 7) is 3.80. The Morgan fingerprint density at radius 1 is 1.09 bits per heavy atom. The smallest absolute Gasteiger partial charge is 0.223 e. The topological polar surface area (TPSA) is 59.4 Å². The average molecular weight is 473 g/mol. The number of aromatic nitrogens is 2. The van der Waals surface area contributed by atoms with Gasteiger partial charge in [0.25, 0.3) is 0 Å². The van der Waals surface area contributed by atoms with Gasteiger partial charge in [0, 0.05) is 43.8 Å². The van der Waals surface area contributed by atoms with Crippen LogP contribution in [0.25, 0.3) is 16.7 Å². The predicted molar refractivity (Wildman–Crippen MR) is 128 cm³/mol. The number of halogens is 2. The zero-order chi connectivity index (χ0) is 22.1. The molecule has 1 aromatic heterocycles. The highest BCUT2D eigenvalue weighted by molar-refractivity contribution is 6.42. The van der Waals surface area contributed by atoms with Crippen LogP contribution < -0.4 is 10.2 Å². The Bertz CT molecular complexity index is 1100. The van der Waals surface area contributed by atoms with Crippen LogP contribution in [0.5, 0.6) is 0 Å². The number of anilines is 1. The van der Waals surface area contributed by atoms with Gasteiger partial charge < -0.3 is 15.0 Å². The van der Waals surface area contributed by atoms with Crippen molar-refractivity contribution < 1.29 is 9.53 Å². The van der Waals surface area contributed by atoms with E-state index < -0.39 is 0 Å². The quantitative estimate of drug-likeness (QED) is 0.584. The minimum absolute atomic E-state index is 0.0343. The van der Waals surface area contributed by atoms with Gasteiger partial charge in [0.2, 0.25) is 11.9 Å². The first kappa shape index (κ1) is 21.6. The number of piperidine rings is 1. The van der Waals surface area contributed by atoms with Gasteiger partial charge in [0.15, 0.2) is 0 Å². The number of nitrogens with zero attached hydrogens (tertiary/aromatic N) is 3. The second kappa shape index (κ2) is 9.30. The Morgan fingerprint density at radius 2 is 1.84 bits per heavy atom. The van der Waals surface area contributed by atoms with Crippen LogP contribution in [-0.2, 0) is 9.53 Å². The molecule has 32 heavy (non-hydrogen) atoms. The zero-order valence-corrected chi connectivity index (χ0v) is 19.3. The monoisotopic (exact) mass is 472 g/mol. The van der Waals surface area contributed by atoms with E-state index in [1.807, 2.05) is 30.3 Å². The van der Waals surface area contributed by atoms with Gasteiger partial charge in [0.1, 0.15) is 0 Å². The molecule has 1 unspecified atom stereocenters. The normalized spacial score (nSPS) is 19.6. The van der Waals surface area contributed by atoms with Gasteiger partial charge in [-0.15, -0.1) is 0 Å². The minimum atomic E-state index is 0.0343. The molecule has 2 saturated heterocycles. The van der Waals surface area contributed by atoms with Crippen LogP contribution in [0.15, 0.2) is 42.5 Å². The van der Waals surface area contributed by atoms with Crippen LogP contribution in [0, 0.1) is 11.8 Å². The van der Waals surface area contributed by atoms with E-state index in [4.69, 9.17) is 32.9 Å². The summed E-state index contributed by atoms with van der Waals surface area (Å²) in [5.41, 5.74) is 2.73. The van der Waals surface area contributed by atoms with Crippen molar-refractivity contribution in [3.05, 3.63) is 52.5 Å². The number of fused-ring (bicyclic) bond motifs is 1. The fourth-order valence-corrected chi connectivity index (χ4v) is 4.89. The number of ether oxygens (including phenoxy) is 1. The van der Waals surface area contributed by atoms with Crippen LogP contribution in [0.3, 0.4) is 0 Å². The number of para-hydroxylation sites is 1. The van der Waals surface area contributed by atoms with Crippen molar-refractivity contribution in [2.75, 3.05) is 37.7 Å². The molecule has 2 aliphatic rings. The van der Waals surface area contributed by atoms with Gasteiger partial charge in [-0.05, 0) is 43.5 Å². The molecule has 0 spiro atoms. The molecule has 1 amide bonds.